The van der Waals surface area contributed by atoms with Crippen LogP contribution in [0.15, 0.2) is 53.9 Å². The van der Waals surface area contributed by atoms with E-state index < -0.39 is 17.4 Å². The van der Waals surface area contributed by atoms with Gasteiger partial charge in [0.1, 0.15) is 18.0 Å². The number of ketones is 1. The minimum absolute atomic E-state index is 0.134. The van der Waals surface area contributed by atoms with Gasteiger partial charge < -0.3 is 5.32 Å². The van der Waals surface area contributed by atoms with Crippen LogP contribution < -0.4 is 5.32 Å². The Balaban J connectivity index is 1.77. The Morgan fingerprint density at radius 1 is 1.19 bits per heavy atom. The fourth-order valence-electron chi connectivity index (χ4n) is 2.36. The van der Waals surface area contributed by atoms with Crippen molar-refractivity contribution in [1.82, 2.24) is 14.8 Å². The number of hydrogen-bond acceptors (Lipinski definition) is 5. The molecule has 0 aliphatic rings. The number of halogens is 2. The molecule has 0 saturated carbocycles. The van der Waals surface area contributed by atoms with Crippen molar-refractivity contribution in [3.05, 3.63) is 66.0 Å². The molecule has 0 fully saturated rings. The van der Waals surface area contributed by atoms with Gasteiger partial charge in [-0.05, 0) is 36.4 Å². The van der Waals surface area contributed by atoms with Crippen molar-refractivity contribution >= 4 is 29.1 Å². The second-order valence-corrected chi connectivity index (χ2v) is 6.49. The lowest BCUT2D eigenvalue weighted by molar-refractivity contribution is -0.114. The summed E-state index contributed by atoms with van der Waals surface area (Å²) in [7, 11) is 0. The fraction of sp³-hybridized carbons (Fsp3) is 0.111. The van der Waals surface area contributed by atoms with E-state index in [9.17, 15) is 18.4 Å². The minimum Gasteiger partial charge on any atom is -0.326 e. The van der Waals surface area contributed by atoms with Gasteiger partial charge in [0, 0.05) is 12.6 Å². The normalized spacial score (nSPS) is 10.6. The highest BCUT2D eigenvalue weighted by atomic mass is 32.2. The number of nitrogens with one attached hydrogen (secondary N) is 1. The van der Waals surface area contributed by atoms with Gasteiger partial charge in [0.05, 0.1) is 17.0 Å². The number of Topliss-reactive ketones (excluding diaryl/α,β-unsaturated/α-hetero) is 1. The molecule has 6 nitrogen and oxygen atoms in total. The van der Waals surface area contributed by atoms with Crippen LogP contribution in [0, 0.1) is 11.6 Å². The third-order valence-corrected chi connectivity index (χ3v) is 4.47. The third-order valence-electron chi connectivity index (χ3n) is 3.52. The van der Waals surface area contributed by atoms with E-state index in [-0.39, 0.29) is 17.2 Å². The molecular weight excluding hydrogens is 374 g/mol. The number of carbonyl (C=O) groups excluding carboxylic acids is 2. The number of rotatable bonds is 6. The van der Waals surface area contributed by atoms with Crippen LogP contribution in [0.5, 0.6) is 0 Å². The molecule has 1 heterocycles. The molecular formula is C18H14F2N4O2S. The maximum atomic E-state index is 13.7. The van der Waals surface area contributed by atoms with Crippen LogP contribution in [0.25, 0.3) is 5.69 Å². The summed E-state index contributed by atoms with van der Waals surface area (Å²) in [5.41, 5.74) is 0.974. The van der Waals surface area contributed by atoms with Crippen molar-refractivity contribution in [1.29, 1.82) is 0 Å². The number of amides is 1. The Kier molecular flexibility index (Phi) is 5.60. The zero-order chi connectivity index (χ0) is 19.4. The highest BCUT2D eigenvalue weighted by Crippen LogP contribution is 2.23. The molecule has 9 heteroatoms. The molecule has 0 aliphatic heterocycles. The Morgan fingerprint density at radius 2 is 2.00 bits per heavy atom. The van der Waals surface area contributed by atoms with Gasteiger partial charge in [0.2, 0.25) is 5.91 Å². The number of carbonyl (C=O) groups is 2. The monoisotopic (exact) mass is 388 g/mol. The summed E-state index contributed by atoms with van der Waals surface area (Å²) in [6.07, 6.45) is 1.46. The van der Waals surface area contributed by atoms with Crippen LogP contribution in [0.2, 0.25) is 0 Å². The molecule has 1 aromatic heterocycles. The lowest BCUT2D eigenvalue weighted by Crippen LogP contribution is -2.08. The van der Waals surface area contributed by atoms with Crippen molar-refractivity contribution in [2.75, 3.05) is 11.1 Å². The SMILES string of the molecule is CC(=O)Nc1cccc(-n2cnnc2SCC(=O)c2cc(F)ccc2F)c1. The summed E-state index contributed by atoms with van der Waals surface area (Å²) < 4.78 is 28.6. The average molecular weight is 388 g/mol. The van der Waals surface area contributed by atoms with E-state index in [0.29, 0.717) is 16.5 Å². The quantitative estimate of drug-likeness (QED) is 0.517. The molecule has 3 aromatic rings. The van der Waals surface area contributed by atoms with E-state index in [4.69, 9.17) is 0 Å². The fourth-order valence-corrected chi connectivity index (χ4v) is 3.17. The van der Waals surface area contributed by atoms with Crippen molar-refractivity contribution in [2.24, 2.45) is 0 Å². The molecule has 0 radical (unpaired) electrons. The smallest absolute Gasteiger partial charge is 0.221 e. The second kappa shape index (κ2) is 8.09. The zero-order valence-corrected chi connectivity index (χ0v) is 15.0. The lowest BCUT2D eigenvalue weighted by atomic mass is 10.1. The van der Waals surface area contributed by atoms with Crippen LogP contribution >= 0.6 is 11.8 Å². The van der Waals surface area contributed by atoms with E-state index in [1.165, 1.54) is 13.3 Å². The zero-order valence-electron chi connectivity index (χ0n) is 14.1. The molecule has 27 heavy (non-hydrogen) atoms. The Morgan fingerprint density at radius 3 is 2.78 bits per heavy atom. The molecule has 138 valence electrons. The van der Waals surface area contributed by atoms with Crippen molar-refractivity contribution < 1.29 is 18.4 Å². The molecule has 0 spiro atoms. The molecule has 2 aromatic carbocycles. The molecule has 0 atom stereocenters. The van der Waals surface area contributed by atoms with Crippen LogP contribution in [-0.4, -0.2) is 32.2 Å². The van der Waals surface area contributed by atoms with Gasteiger partial charge in [-0.25, -0.2) is 8.78 Å². The summed E-state index contributed by atoms with van der Waals surface area (Å²) in [6.45, 7) is 1.41. The van der Waals surface area contributed by atoms with Gasteiger partial charge in [0.15, 0.2) is 10.9 Å². The Hall–Kier alpha value is -3.07. The van der Waals surface area contributed by atoms with Crippen LogP contribution in [0.4, 0.5) is 14.5 Å². The number of thioether (sulfide) groups is 1. The summed E-state index contributed by atoms with van der Waals surface area (Å²) >= 11 is 1.05. The number of hydrogen-bond donors (Lipinski definition) is 1. The highest BCUT2D eigenvalue weighted by molar-refractivity contribution is 7.99. The maximum Gasteiger partial charge on any atom is 0.221 e. The van der Waals surface area contributed by atoms with Gasteiger partial charge in [-0.3, -0.25) is 14.2 Å². The Bertz CT molecular complexity index is 1010. The molecule has 0 saturated heterocycles. The van der Waals surface area contributed by atoms with E-state index in [2.05, 4.69) is 15.5 Å². The first-order chi connectivity index (χ1) is 12.9. The van der Waals surface area contributed by atoms with Gasteiger partial charge >= 0.3 is 0 Å². The summed E-state index contributed by atoms with van der Waals surface area (Å²) in [4.78, 5) is 23.4. The predicted octanol–water partition coefficient (Wildman–Crippen LogP) is 3.48. The first-order valence-electron chi connectivity index (χ1n) is 7.83. The second-order valence-electron chi connectivity index (χ2n) is 5.55. The van der Waals surface area contributed by atoms with Crippen LogP contribution in [0.3, 0.4) is 0 Å². The predicted molar refractivity (Wildman–Crippen MR) is 97.1 cm³/mol. The molecule has 0 aliphatic carbocycles. The standard InChI is InChI=1S/C18H14F2N4O2S/c1-11(25)22-13-3-2-4-14(8-13)24-10-21-23-18(24)27-9-17(26)15-7-12(19)5-6-16(15)20/h2-8,10H,9H2,1H3,(H,22,25). The lowest BCUT2D eigenvalue weighted by Gasteiger charge is -2.09. The number of aromatic nitrogens is 3. The van der Waals surface area contributed by atoms with Gasteiger partial charge in [-0.1, -0.05) is 17.8 Å². The molecule has 0 unspecified atom stereocenters. The van der Waals surface area contributed by atoms with E-state index in [1.807, 2.05) is 0 Å². The minimum atomic E-state index is -0.772. The van der Waals surface area contributed by atoms with Gasteiger partial charge in [-0.15, -0.1) is 10.2 Å². The van der Waals surface area contributed by atoms with Gasteiger partial charge in [-0.2, -0.15) is 0 Å². The molecule has 1 N–H and O–H groups in total. The summed E-state index contributed by atoms with van der Waals surface area (Å²) in [5, 5.41) is 10.9. The van der Waals surface area contributed by atoms with Crippen LogP contribution in [-0.2, 0) is 4.79 Å². The molecule has 1 amide bonds. The summed E-state index contributed by atoms with van der Waals surface area (Å²) in [6, 6.07) is 9.75. The number of benzene rings is 2. The number of nitrogens with zero attached hydrogens (tertiary/aromatic N) is 3. The van der Waals surface area contributed by atoms with Gasteiger partial charge in [0.25, 0.3) is 0 Å². The van der Waals surface area contributed by atoms with Crippen LogP contribution in [0.1, 0.15) is 17.3 Å². The van der Waals surface area contributed by atoms with Crippen molar-refractivity contribution in [3.63, 3.8) is 0 Å². The first-order valence-corrected chi connectivity index (χ1v) is 8.81. The highest BCUT2D eigenvalue weighted by Gasteiger charge is 2.16. The average Bonchev–Trinajstić information content (AvgIpc) is 3.10. The van der Waals surface area contributed by atoms with E-state index in [0.717, 1.165) is 30.0 Å². The molecule has 3 rings (SSSR count). The number of anilines is 1. The maximum absolute atomic E-state index is 13.7. The third kappa shape index (κ3) is 4.56. The first kappa shape index (κ1) is 18.7. The van der Waals surface area contributed by atoms with E-state index in [1.54, 1.807) is 28.8 Å². The molecule has 0 bridgehead atoms. The van der Waals surface area contributed by atoms with Crippen molar-refractivity contribution in [2.45, 2.75) is 12.1 Å². The topological polar surface area (TPSA) is 76.9 Å². The van der Waals surface area contributed by atoms with Crippen molar-refractivity contribution in [3.8, 4) is 5.69 Å². The Labute approximate surface area is 157 Å². The summed E-state index contributed by atoms with van der Waals surface area (Å²) in [5.74, 6) is -2.34. The largest absolute Gasteiger partial charge is 0.326 e. The van der Waals surface area contributed by atoms with E-state index >= 15 is 0 Å².